The lowest BCUT2D eigenvalue weighted by Crippen LogP contribution is -2.48. The zero-order chi connectivity index (χ0) is 34.9. The van der Waals surface area contributed by atoms with Gasteiger partial charge in [-0.3, -0.25) is 14.4 Å². The minimum atomic E-state index is -2.29. The molecule has 3 N–H and O–H groups in total. The maximum atomic E-state index is 14.0. The molecule has 0 bridgehead atoms. The first-order chi connectivity index (χ1) is 22.8. The van der Waals surface area contributed by atoms with Crippen molar-refractivity contribution in [1.82, 2.24) is 0 Å². The number of ether oxygens (including phenoxy) is 5. The van der Waals surface area contributed by atoms with Gasteiger partial charge in [0.1, 0.15) is 28.6 Å². The van der Waals surface area contributed by atoms with Crippen LogP contribution in [0.4, 0.5) is 4.79 Å². The van der Waals surface area contributed by atoms with Crippen LogP contribution in [0.5, 0.6) is 17.2 Å². The van der Waals surface area contributed by atoms with E-state index in [1.165, 1.54) is 13.2 Å². The summed E-state index contributed by atoms with van der Waals surface area (Å²) < 4.78 is 27.7. The molecule has 1 unspecified atom stereocenters. The van der Waals surface area contributed by atoms with Crippen LogP contribution in [0.25, 0.3) is 0 Å². The number of methoxy groups -OCH3 is 1. The Balaban J connectivity index is 1.55. The highest BCUT2D eigenvalue weighted by atomic mass is 16.7. The SMILES string of the molecule is C/C=C1/C(=O)c2c(O)c3c(c(O)c2C(=O)/C1=C(/CC)OC)C(O[C@H]1CCC[C@H](C)O1)C[C@](O)(C(=O)COC(=O)Oc1ccc(C)cc1)C3. The van der Waals surface area contributed by atoms with Gasteiger partial charge in [-0.1, -0.05) is 30.7 Å². The average molecular weight is 665 g/mol. The maximum absolute atomic E-state index is 14.0. The zero-order valence-electron chi connectivity index (χ0n) is 27.6. The highest BCUT2D eigenvalue weighted by Crippen LogP contribution is 2.52. The third-order valence-electron chi connectivity index (χ3n) is 9.05. The van der Waals surface area contributed by atoms with E-state index in [9.17, 15) is 34.5 Å². The number of hydrogen-bond acceptors (Lipinski definition) is 12. The van der Waals surface area contributed by atoms with E-state index in [2.05, 4.69) is 0 Å². The molecule has 2 aliphatic carbocycles. The van der Waals surface area contributed by atoms with Crippen LogP contribution in [-0.2, 0) is 30.2 Å². The van der Waals surface area contributed by atoms with Gasteiger partial charge in [0.05, 0.1) is 36.0 Å². The maximum Gasteiger partial charge on any atom is 0.514 e. The van der Waals surface area contributed by atoms with Crippen molar-refractivity contribution in [1.29, 1.82) is 0 Å². The number of Topliss-reactive ketones (excluding diaryl/α,β-unsaturated/α-hetero) is 3. The summed E-state index contributed by atoms with van der Waals surface area (Å²) in [4.78, 5) is 53.7. The van der Waals surface area contributed by atoms with E-state index >= 15 is 0 Å². The number of phenols is 2. The van der Waals surface area contributed by atoms with Crippen molar-refractivity contribution in [3.05, 3.63) is 75.1 Å². The number of aromatic hydroxyl groups is 2. The minimum absolute atomic E-state index is 0.0270. The van der Waals surface area contributed by atoms with E-state index in [-0.39, 0.29) is 46.3 Å². The third-order valence-corrected chi connectivity index (χ3v) is 9.05. The van der Waals surface area contributed by atoms with Crippen LogP contribution in [0.15, 0.2) is 47.2 Å². The molecule has 1 aliphatic heterocycles. The summed E-state index contributed by atoms with van der Waals surface area (Å²) in [5.41, 5.74) is -2.50. The lowest BCUT2D eigenvalue weighted by Gasteiger charge is -2.40. The molecule has 0 spiro atoms. The number of hydrogen-bond donors (Lipinski definition) is 3. The van der Waals surface area contributed by atoms with Crippen LogP contribution in [0.3, 0.4) is 0 Å². The highest BCUT2D eigenvalue weighted by molar-refractivity contribution is 6.33. The van der Waals surface area contributed by atoms with Gasteiger partial charge < -0.3 is 39.0 Å². The molecule has 3 aliphatic rings. The van der Waals surface area contributed by atoms with Gasteiger partial charge in [0, 0.05) is 36.0 Å². The van der Waals surface area contributed by atoms with Crippen molar-refractivity contribution in [2.75, 3.05) is 13.7 Å². The lowest BCUT2D eigenvalue weighted by molar-refractivity contribution is -0.223. The van der Waals surface area contributed by atoms with E-state index < -0.39 is 83.6 Å². The molecule has 12 nitrogen and oxygen atoms in total. The zero-order valence-corrected chi connectivity index (χ0v) is 27.6. The molecule has 0 aromatic heterocycles. The van der Waals surface area contributed by atoms with Crippen molar-refractivity contribution >= 4 is 23.5 Å². The standard InChI is InChI=1S/C36H40O12/c1-6-21-27(23(7-2)44-5)33(40)30-29(31(21)38)32(39)22-15-36(43,25(37)17-45-35(42)47-20-13-11-18(3)12-14-20)16-24(28(22)34(30)41)48-26-10-8-9-19(4)46-26/h6,11-14,19,24,26,39,41,43H,7-10,15-17H2,1-5H3/b21-6+,27-23-/t19-,24?,26-,36-/m0/s1. The van der Waals surface area contributed by atoms with Crippen molar-refractivity contribution in [3.63, 3.8) is 0 Å². The number of carbonyl (C=O) groups excluding carboxylic acids is 4. The van der Waals surface area contributed by atoms with Crippen LogP contribution in [0, 0.1) is 6.92 Å². The summed E-state index contributed by atoms with van der Waals surface area (Å²) in [6.45, 7) is 6.15. The number of ketones is 3. The number of aliphatic hydroxyl groups is 1. The van der Waals surface area contributed by atoms with Gasteiger partial charge in [0.25, 0.3) is 0 Å². The van der Waals surface area contributed by atoms with Crippen LogP contribution in [0.2, 0.25) is 0 Å². The van der Waals surface area contributed by atoms with Crippen LogP contribution >= 0.6 is 0 Å². The second-order valence-corrected chi connectivity index (χ2v) is 12.3. The first-order valence-electron chi connectivity index (χ1n) is 15.9. The predicted octanol–water partition coefficient (Wildman–Crippen LogP) is 5.48. The summed E-state index contributed by atoms with van der Waals surface area (Å²) in [5.74, 6) is -3.29. The quantitative estimate of drug-likeness (QED) is 0.107. The number of phenolic OH excluding ortho intramolecular Hbond substituents is 2. The lowest BCUT2D eigenvalue weighted by atomic mass is 9.71. The molecule has 0 radical (unpaired) electrons. The second kappa shape index (κ2) is 13.9. The summed E-state index contributed by atoms with van der Waals surface area (Å²) in [5, 5.41) is 35.2. The van der Waals surface area contributed by atoms with Gasteiger partial charge in [0.15, 0.2) is 18.7 Å². The topological polar surface area (TPSA) is 175 Å². The Morgan fingerprint density at radius 3 is 2.38 bits per heavy atom. The molecular formula is C36H40O12. The number of fused-ring (bicyclic) bond motifs is 2. The van der Waals surface area contributed by atoms with Crippen molar-refractivity contribution in [3.8, 4) is 17.2 Å². The Bertz CT molecular complexity index is 1700. The first-order valence-corrected chi connectivity index (χ1v) is 15.9. The molecule has 0 amide bonds. The summed E-state index contributed by atoms with van der Waals surface area (Å²) in [6, 6.07) is 6.56. The van der Waals surface area contributed by atoms with Gasteiger partial charge in [-0.15, -0.1) is 0 Å². The molecule has 1 fully saturated rings. The Morgan fingerprint density at radius 1 is 1.06 bits per heavy atom. The molecule has 48 heavy (non-hydrogen) atoms. The normalized spacial score (nSPS) is 25.6. The Morgan fingerprint density at radius 2 is 1.75 bits per heavy atom. The van der Waals surface area contributed by atoms with Crippen molar-refractivity contribution in [2.24, 2.45) is 0 Å². The Labute approximate surface area is 277 Å². The molecule has 256 valence electrons. The number of carbonyl (C=O) groups is 4. The molecule has 1 saturated heterocycles. The van der Waals surface area contributed by atoms with E-state index in [1.54, 1.807) is 38.1 Å². The predicted molar refractivity (Wildman–Crippen MR) is 170 cm³/mol. The molecule has 0 saturated carbocycles. The summed E-state index contributed by atoms with van der Waals surface area (Å²) >= 11 is 0. The highest BCUT2D eigenvalue weighted by Gasteiger charge is 2.50. The fourth-order valence-electron chi connectivity index (χ4n) is 6.57. The Kier molecular flexibility index (Phi) is 10.1. The van der Waals surface area contributed by atoms with Crippen molar-refractivity contribution < 1.29 is 58.2 Å². The van der Waals surface area contributed by atoms with Gasteiger partial charge in [-0.05, 0) is 52.2 Å². The van der Waals surface area contributed by atoms with Gasteiger partial charge in [-0.2, -0.15) is 0 Å². The van der Waals surface area contributed by atoms with Crippen molar-refractivity contribution in [2.45, 2.75) is 90.3 Å². The molecule has 2 aromatic rings. The molecular weight excluding hydrogens is 624 g/mol. The average Bonchev–Trinajstić information content (AvgIpc) is 3.05. The number of benzene rings is 2. The summed E-state index contributed by atoms with van der Waals surface area (Å²) in [7, 11) is 1.37. The monoisotopic (exact) mass is 664 g/mol. The molecule has 1 heterocycles. The van der Waals surface area contributed by atoms with Gasteiger partial charge in [0.2, 0.25) is 11.6 Å². The summed E-state index contributed by atoms with van der Waals surface area (Å²) in [6.07, 6.45) is -0.724. The number of aryl methyl sites for hydroxylation is 1. The van der Waals surface area contributed by atoms with E-state index in [1.807, 2.05) is 13.8 Å². The fourth-order valence-corrected chi connectivity index (χ4v) is 6.57. The largest absolute Gasteiger partial charge is 0.514 e. The fraction of sp³-hybridized carbons (Fsp3) is 0.444. The third kappa shape index (κ3) is 6.47. The molecule has 4 atom stereocenters. The van der Waals surface area contributed by atoms with Crippen LogP contribution in [0.1, 0.15) is 96.4 Å². The molecule has 2 aromatic carbocycles. The van der Waals surface area contributed by atoms with E-state index in [0.717, 1.165) is 18.4 Å². The molecule has 5 rings (SSSR count). The first kappa shape index (κ1) is 34.8. The molecule has 12 heteroatoms. The minimum Gasteiger partial charge on any atom is -0.507 e. The van der Waals surface area contributed by atoms with E-state index in [0.29, 0.717) is 6.42 Å². The van der Waals surface area contributed by atoms with Gasteiger partial charge >= 0.3 is 6.16 Å². The number of allylic oxidation sites excluding steroid dienone is 4. The van der Waals surface area contributed by atoms with Gasteiger partial charge in [-0.25, -0.2) is 4.79 Å². The number of rotatable bonds is 8. The van der Waals surface area contributed by atoms with Crippen LogP contribution < -0.4 is 4.74 Å². The second-order valence-electron chi connectivity index (χ2n) is 12.3. The van der Waals surface area contributed by atoms with E-state index in [4.69, 9.17) is 23.7 Å². The Hall–Kier alpha value is -4.52. The van der Waals surface area contributed by atoms with Crippen LogP contribution in [-0.4, -0.2) is 70.5 Å². The smallest absolute Gasteiger partial charge is 0.507 e.